The van der Waals surface area contributed by atoms with Crippen LogP contribution in [0.5, 0.6) is 0 Å². The molecule has 8 heteroatoms. The summed E-state index contributed by atoms with van der Waals surface area (Å²) in [6.07, 6.45) is 5.41. The SMILES string of the molecule is NS(=O)(=O)c1ccc(N2C(=O)/C(=C\C=C\c3ccccc3)SC2=S)cc1. The number of carbonyl (C=O) groups excluding carboxylic acids is 1. The predicted molar refractivity (Wildman–Crippen MR) is 109 cm³/mol. The van der Waals surface area contributed by atoms with Crippen molar-refractivity contribution in [2.75, 3.05) is 4.90 Å². The van der Waals surface area contributed by atoms with Gasteiger partial charge in [0, 0.05) is 0 Å². The average molecular weight is 403 g/mol. The normalized spacial score (nSPS) is 16.8. The zero-order valence-electron chi connectivity index (χ0n) is 13.4. The Bertz CT molecular complexity index is 1010. The number of thiocarbonyl (C=S) groups is 1. The van der Waals surface area contributed by atoms with E-state index in [1.165, 1.54) is 40.9 Å². The lowest BCUT2D eigenvalue weighted by Crippen LogP contribution is -2.27. The molecule has 0 aromatic heterocycles. The topological polar surface area (TPSA) is 80.5 Å². The summed E-state index contributed by atoms with van der Waals surface area (Å²) in [5, 5.41) is 5.08. The minimum Gasteiger partial charge on any atom is -0.268 e. The molecular formula is C18H14N2O3S3. The summed E-state index contributed by atoms with van der Waals surface area (Å²) in [4.78, 5) is 14.5. The van der Waals surface area contributed by atoms with Gasteiger partial charge in [-0.15, -0.1) is 0 Å². The van der Waals surface area contributed by atoms with Crippen LogP contribution in [-0.2, 0) is 14.8 Å². The van der Waals surface area contributed by atoms with Crippen molar-refractivity contribution in [3.63, 3.8) is 0 Å². The van der Waals surface area contributed by atoms with Gasteiger partial charge in [-0.3, -0.25) is 9.69 Å². The Morgan fingerprint density at radius 1 is 1.04 bits per heavy atom. The number of sulfonamides is 1. The van der Waals surface area contributed by atoms with Crippen molar-refractivity contribution in [3.05, 3.63) is 77.2 Å². The van der Waals surface area contributed by atoms with Crippen LogP contribution in [0.2, 0.25) is 0 Å². The van der Waals surface area contributed by atoms with Crippen LogP contribution in [-0.4, -0.2) is 18.6 Å². The molecule has 0 unspecified atom stereocenters. The van der Waals surface area contributed by atoms with E-state index in [1.807, 2.05) is 36.4 Å². The summed E-state index contributed by atoms with van der Waals surface area (Å²) in [7, 11) is -3.78. The maximum Gasteiger partial charge on any atom is 0.270 e. The van der Waals surface area contributed by atoms with E-state index in [9.17, 15) is 13.2 Å². The van der Waals surface area contributed by atoms with Gasteiger partial charge in [0.05, 0.1) is 15.5 Å². The largest absolute Gasteiger partial charge is 0.270 e. The van der Waals surface area contributed by atoms with E-state index in [4.69, 9.17) is 17.4 Å². The third-order valence-electron chi connectivity index (χ3n) is 3.55. The third kappa shape index (κ3) is 4.10. The second-order valence-electron chi connectivity index (χ2n) is 5.35. The van der Waals surface area contributed by atoms with Gasteiger partial charge in [-0.25, -0.2) is 13.6 Å². The molecule has 1 heterocycles. The van der Waals surface area contributed by atoms with Gasteiger partial charge in [-0.05, 0) is 35.9 Å². The highest BCUT2D eigenvalue weighted by Crippen LogP contribution is 2.35. The number of primary sulfonamides is 1. The minimum absolute atomic E-state index is 0.0203. The number of nitrogens with two attached hydrogens (primary N) is 1. The van der Waals surface area contributed by atoms with Crippen LogP contribution in [0.1, 0.15) is 5.56 Å². The molecular weight excluding hydrogens is 388 g/mol. The number of rotatable bonds is 4. The number of nitrogens with zero attached hydrogens (tertiary/aromatic N) is 1. The van der Waals surface area contributed by atoms with E-state index in [0.29, 0.717) is 14.9 Å². The first kappa shape index (κ1) is 18.5. The molecule has 2 aromatic carbocycles. The first-order valence-corrected chi connectivity index (χ1v) is 10.3. The molecule has 0 aliphatic carbocycles. The van der Waals surface area contributed by atoms with E-state index in [-0.39, 0.29) is 10.8 Å². The van der Waals surface area contributed by atoms with E-state index in [0.717, 1.165) is 5.56 Å². The monoisotopic (exact) mass is 402 g/mol. The molecule has 5 nitrogen and oxygen atoms in total. The smallest absolute Gasteiger partial charge is 0.268 e. The number of anilines is 1. The van der Waals surface area contributed by atoms with Crippen LogP contribution in [0.25, 0.3) is 6.08 Å². The molecule has 0 atom stereocenters. The lowest BCUT2D eigenvalue weighted by molar-refractivity contribution is -0.113. The lowest BCUT2D eigenvalue weighted by Gasteiger charge is -2.14. The molecule has 0 radical (unpaired) electrons. The van der Waals surface area contributed by atoms with Crippen molar-refractivity contribution in [2.24, 2.45) is 5.14 Å². The maximum absolute atomic E-state index is 12.6. The fraction of sp³-hybridized carbons (Fsp3) is 0. The Morgan fingerprint density at radius 3 is 2.31 bits per heavy atom. The average Bonchev–Trinajstić information content (AvgIpc) is 2.89. The molecule has 0 bridgehead atoms. The van der Waals surface area contributed by atoms with Crippen LogP contribution in [0.15, 0.2) is 76.5 Å². The van der Waals surface area contributed by atoms with Crippen molar-refractivity contribution in [1.82, 2.24) is 0 Å². The van der Waals surface area contributed by atoms with Gasteiger partial charge in [0.15, 0.2) is 4.32 Å². The van der Waals surface area contributed by atoms with Crippen LogP contribution in [0.4, 0.5) is 5.69 Å². The Balaban J connectivity index is 1.81. The van der Waals surface area contributed by atoms with Gasteiger partial charge >= 0.3 is 0 Å². The van der Waals surface area contributed by atoms with Crippen molar-refractivity contribution in [3.8, 4) is 0 Å². The summed E-state index contributed by atoms with van der Waals surface area (Å²) in [5.41, 5.74) is 1.52. The zero-order chi connectivity index (χ0) is 18.7. The fourth-order valence-electron chi connectivity index (χ4n) is 2.30. The molecule has 0 spiro atoms. The van der Waals surface area contributed by atoms with Gasteiger partial charge in [0.1, 0.15) is 0 Å². The minimum atomic E-state index is -3.78. The number of hydrogen-bond acceptors (Lipinski definition) is 5. The Morgan fingerprint density at radius 2 is 1.69 bits per heavy atom. The van der Waals surface area contributed by atoms with Gasteiger partial charge in [0.2, 0.25) is 10.0 Å². The first-order chi connectivity index (χ1) is 12.4. The van der Waals surface area contributed by atoms with Gasteiger partial charge in [-0.2, -0.15) is 0 Å². The summed E-state index contributed by atoms with van der Waals surface area (Å²) >= 11 is 6.48. The standard InChI is InChI=1S/C18H14N2O3S3/c19-26(22,23)15-11-9-14(10-12-15)20-17(21)16(25-18(20)24)8-4-7-13-5-2-1-3-6-13/h1-12H,(H2,19,22,23)/b7-4+,16-8+. The second-order valence-corrected chi connectivity index (χ2v) is 8.59. The summed E-state index contributed by atoms with van der Waals surface area (Å²) in [6.45, 7) is 0. The lowest BCUT2D eigenvalue weighted by atomic mass is 10.2. The maximum atomic E-state index is 12.6. The Hall–Kier alpha value is -2.26. The highest BCUT2D eigenvalue weighted by Gasteiger charge is 2.33. The Kier molecular flexibility index (Phi) is 5.38. The molecule has 2 N–H and O–H groups in total. The number of amides is 1. The summed E-state index contributed by atoms with van der Waals surface area (Å²) in [6, 6.07) is 15.4. The predicted octanol–water partition coefficient (Wildman–Crippen LogP) is 3.30. The molecule has 0 saturated carbocycles. The van der Waals surface area contributed by atoms with Crippen LogP contribution >= 0.6 is 24.0 Å². The highest BCUT2D eigenvalue weighted by atomic mass is 32.2. The Labute approximate surface area is 161 Å². The highest BCUT2D eigenvalue weighted by molar-refractivity contribution is 8.27. The van der Waals surface area contributed by atoms with E-state index in [2.05, 4.69) is 0 Å². The van der Waals surface area contributed by atoms with Crippen LogP contribution in [0.3, 0.4) is 0 Å². The van der Waals surface area contributed by atoms with Crippen LogP contribution < -0.4 is 10.0 Å². The number of allylic oxidation sites excluding steroid dienone is 2. The number of thioether (sulfide) groups is 1. The molecule has 1 fully saturated rings. The quantitative estimate of drug-likeness (QED) is 0.627. The number of hydrogen-bond donors (Lipinski definition) is 1. The third-order valence-corrected chi connectivity index (χ3v) is 5.80. The van der Waals surface area contributed by atoms with Crippen LogP contribution in [0, 0.1) is 0 Å². The molecule has 1 amide bonds. The molecule has 1 aliphatic rings. The molecule has 1 aliphatic heterocycles. The van der Waals surface area contributed by atoms with Crippen molar-refractivity contribution < 1.29 is 13.2 Å². The molecule has 26 heavy (non-hydrogen) atoms. The van der Waals surface area contributed by atoms with Crippen molar-refractivity contribution >= 4 is 56.0 Å². The second kappa shape index (κ2) is 7.55. The molecule has 2 aromatic rings. The molecule has 1 saturated heterocycles. The molecule has 3 rings (SSSR count). The van der Waals surface area contributed by atoms with E-state index < -0.39 is 10.0 Å². The molecule has 132 valence electrons. The van der Waals surface area contributed by atoms with E-state index >= 15 is 0 Å². The zero-order valence-corrected chi connectivity index (χ0v) is 15.9. The number of benzene rings is 2. The van der Waals surface area contributed by atoms with Gasteiger partial charge in [-0.1, -0.05) is 66.5 Å². The van der Waals surface area contributed by atoms with Gasteiger partial charge < -0.3 is 0 Å². The van der Waals surface area contributed by atoms with Crippen molar-refractivity contribution in [1.29, 1.82) is 0 Å². The number of carbonyl (C=O) groups is 1. The fourth-order valence-corrected chi connectivity index (χ4v) is 4.07. The summed E-state index contributed by atoms with van der Waals surface area (Å²) in [5.74, 6) is -0.249. The first-order valence-electron chi connectivity index (χ1n) is 7.49. The van der Waals surface area contributed by atoms with Gasteiger partial charge in [0.25, 0.3) is 5.91 Å². The summed E-state index contributed by atoms with van der Waals surface area (Å²) < 4.78 is 23.1. The van der Waals surface area contributed by atoms with Crippen molar-refractivity contribution in [2.45, 2.75) is 4.90 Å². The van der Waals surface area contributed by atoms with E-state index in [1.54, 1.807) is 12.2 Å².